The highest BCUT2D eigenvalue weighted by atomic mass is 32.1. The number of anilines is 1. The number of thiophene rings is 1. The Balaban J connectivity index is 1.49. The maximum atomic E-state index is 12.5. The van der Waals surface area contributed by atoms with Crippen LogP contribution in [0.1, 0.15) is 45.1 Å². The lowest BCUT2D eigenvalue weighted by Gasteiger charge is -2.11. The Bertz CT molecular complexity index is 988. The van der Waals surface area contributed by atoms with Crippen molar-refractivity contribution in [3.8, 4) is 5.69 Å². The van der Waals surface area contributed by atoms with E-state index in [1.165, 1.54) is 11.3 Å². The molecule has 0 spiro atoms. The summed E-state index contributed by atoms with van der Waals surface area (Å²) in [5, 5.41) is 7.71. The third-order valence-electron chi connectivity index (χ3n) is 4.76. The Kier molecular flexibility index (Phi) is 4.90. The van der Waals surface area contributed by atoms with Gasteiger partial charge in [-0.05, 0) is 50.5 Å². The lowest BCUT2D eigenvalue weighted by Crippen LogP contribution is -2.17. The minimum Gasteiger partial charge on any atom is -0.310 e. The van der Waals surface area contributed by atoms with Gasteiger partial charge in [-0.1, -0.05) is 18.2 Å². The van der Waals surface area contributed by atoms with Gasteiger partial charge in [0.2, 0.25) is 5.91 Å². The third kappa shape index (κ3) is 3.71. The van der Waals surface area contributed by atoms with Crippen LogP contribution in [-0.2, 0) is 17.6 Å². The Morgan fingerprint density at radius 1 is 1.11 bits per heavy atom. The number of nitrogens with zero attached hydrogens (tertiary/aromatic N) is 2. The highest BCUT2D eigenvalue weighted by molar-refractivity contribution is 7.14. The minimum absolute atomic E-state index is 0.0186. The van der Waals surface area contributed by atoms with E-state index in [0.717, 1.165) is 51.8 Å². The highest BCUT2D eigenvalue weighted by Crippen LogP contribution is 2.31. The van der Waals surface area contributed by atoms with Crippen molar-refractivity contribution in [2.75, 3.05) is 5.32 Å². The number of aryl methyl sites for hydroxylation is 2. The zero-order valence-electron chi connectivity index (χ0n) is 15.2. The molecule has 0 aliphatic heterocycles. The molecule has 3 aromatic rings. The number of ketones is 1. The Morgan fingerprint density at radius 2 is 1.93 bits per heavy atom. The van der Waals surface area contributed by atoms with Gasteiger partial charge in [0.1, 0.15) is 5.82 Å². The van der Waals surface area contributed by atoms with Crippen LogP contribution in [0.2, 0.25) is 0 Å². The smallest absolute Gasteiger partial charge is 0.225 e. The molecule has 0 saturated carbocycles. The van der Waals surface area contributed by atoms with Gasteiger partial charge in [0.25, 0.3) is 0 Å². The number of amides is 1. The van der Waals surface area contributed by atoms with Crippen LogP contribution in [0.15, 0.2) is 42.5 Å². The van der Waals surface area contributed by atoms with Crippen molar-refractivity contribution in [2.45, 2.75) is 39.0 Å². The fourth-order valence-electron chi connectivity index (χ4n) is 3.41. The molecule has 0 fully saturated rings. The molecule has 27 heavy (non-hydrogen) atoms. The average Bonchev–Trinajstić information content (AvgIpc) is 3.38. The molecule has 0 atom stereocenters. The van der Waals surface area contributed by atoms with Gasteiger partial charge in [-0.3, -0.25) is 9.59 Å². The van der Waals surface area contributed by atoms with Crippen molar-refractivity contribution in [1.29, 1.82) is 0 Å². The summed E-state index contributed by atoms with van der Waals surface area (Å²) in [6.45, 7) is 1.97. The number of carbonyl (C=O) groups excluding carboxylic acids is 2. The third-order valence-corrected chi connectivity index (χ3v) is 5.80. The van der Waals surface area contributed by atoms with Crippen molar-refractivity contribution in [2.24, 2.45) is 0 Å². The molecule has 0 radical (unpaired) electrons. The monoisotopic (exact) mass is 379 g/mol. The number of hydrogen-bond acceptors (Lipinski definition) is 4. The van der Waals surface area contributed by atoms with Crippen molar-refractivity contribution in [1.82, 2.24) is 9.78 Å². The molecule has 1 aliphatic rings. The number of nitrogens with one attached hydrogen (secondary N) is 1. The van der Waals surface area contributed by atoms with E-state index < -0.39 is 0 Å². The lowest BCUT2D eigenvalue weighted by atomic mass is 10.2. The van der Waals surface area contributed by atoms with E-state index in [1.54, 1.807) is 0 Å². The predicted octanol–water partition coefficient (Wildman–Crippen LogP) is 4.33. The second-order valence-electron chi connectivity index (χ2n) is 6.76. The zero-order chi connectivity index (χ0) is 18.8. The standard InChI is InChI=1S/C21H21N3O2S/c1-14-10-12-19(27-14)18(25)11-13-20(26)22-21-16-8-5-9-17(16)23-24(21)15-6-3-2-4-7-15/h2-4,6-7,10,12H,5,8-9,11,13H2,1H3,(H,22,26). The van der Waals surface area contributed by atoms with E-state index >= 15 is 0 Å². The van der Waals surface area contributed by atoms with Crippen LogP contribution in [-0.4, -0.2) is 21.5 Å². The van der Waals surface area contributed by atoms with Crippen LogP contribution in [0.4, 0.5) is 5.82 Å². The maximum absolute atomic E-state index is 12.5. The van der Waals surface area contributed by atoms with E-state index in [2.05, 4.69) is 5.32 Å². The molecular formula is C21H21N3O2S. The molecule has 0 bridgehead atoms. The summed E-state index contributed by atoms with van der Waals surface area (Å²) in [6.07, 6.45) is 3.31. The van der Waals surface area contributed by atoms with E-state index in [1.807, 2.05) is 54.1 Å². The van der Waals surface area contributed by atoms with E-state index in [9.17, 15) is 9.59 Å². The molecule has 2 heterocycles. The molecule has 4 rings (SSSR count). The van der Waals surface area contributed by atoms with Crippen molar-refractivity contribution in [3.05, 3.63) is 63.5 Å². The summed E-state index contributed by atoms with van der Waals surface area (Å²) < 4.78 is 1.81. The lowest BCUT2D eigenvalue weighted by molar-refractivity contribution is -0.116. The van der Waals surface area contributed by atoms with Crippen LogP contribution in [0.3, 0.4) is 0 Å². The fraction of sp³-hybridized carbons (Fsp3) is 0.286. The molecule has 1 aromatic carbocycles. The largest absolute Gasteiger partial charge is 0.310 e. The molecule has 1 N–H and O–H groups in total. The highest BCUT2D eigenvalue weighted by Gasteiger charge is 2.24. The van der Waals surface area contributed by atoms with Gasteiger partial charge in [-0.15, -0.1) is 11.3 Å². The Labute approximate surface area is 162 Å². The molecule has 0 saturated heterocycles. The Hall–Kier alpha value is -2.73. The first-order chi connectivity index (χ1) is 13.1. The van der Waals surface area contributed by atoms with E-state index in [4.69, 9.17) is 5.10 Å². The molecule has 138 valence electrons. The van der Waals surface area contributed by atoms with Gasteiger partial charge in [-0.2, -0.15) is 5.10 Å². The van der Waals surface area contributed by atoms with Crippen molar-refractivity contribution in [3.63, 3.8) is 0 Å². The molecular weight excluding hydrogens is 358 g/mol. The number of aromatic nitrogens is 2. The summed E-state index contributed by atoms with van der Waals surface area (Å²) in [7, 11) is 0. The van der Waals surface area contributed by atoms with Crippen LogP contribution in [0.5, 0.6) is 0 Å². The van der Waals surface area contributed by atoms with Gasteiger partial charge in [0.15, 0.2) is 5.78 Å². The van der Waals surface area contributed by atoms with Crippen LogP contribution in [0.25, 0.3) is 5.69 Å². The van der Waals surface area contributed by atoms with Gasteiger partial charge >= 0.3 is 0 Å². The SMILES string of the molecule is Cc1ccc(C(=O)CCC(=O)Nc2c3c(nn2-c2ccccc2)CCC3)s1. The first-order valence-electron chi connectivity index (χ1n) is 9.17. The van der Waals surface area contributed by atoms with E-state index in [0.29, 0.717) is 0 Å². The van der Waals surface area contributed by atoms with Crippen molar-refractivity contribution >= 4 is 28.8 Å². The number of carbonyl (C=O) groups is 2. The zero-order valence-corrected chi connectivity index (χ0v) is 16.0. The quantitative estimate of drug-likeness (QED) is 0.648. The van der Waals surface area contributed by atoms with Crippen LogP contribution < -0.4 is 5.32 Å². The van der Waals surface area contributed by atoms with Gasteiger partial charge in [0.05, 0.1) is 16.3 Å². The van der Waals surface area contributed by atoms with E-state index in [-0.39, 0.29) is 24.5 Å². The van der Waals surface area contributed by atoms with Crippen LogP contribution >= 0.6 is 11.3 Å². The maximum Gasteiger partial charge on any atom is 0.225 e. The molecule has 2 aromatic heterocycles. The number of fused-ring (bicyclic) bond motifs is 1. The topological polar surface area (TPSA) is 64.0 Å². The predicted molar refractivity (Wildman–Crippen MR) is 107 cm³/mol. The number of rotatable bonds is 6. The number of para-hydroxylation sites is 1. The summed E-state index contributed by atoms with van der Waals surface area (Å²) in [5.74, 6) is 0.617. The summed E-state index contributed by atoms with van der Waals surface area (Å²) in [6, 6.07) is 13.6. The van der Waals surface area contributed by atoms with Gasteiger partial charge < -0.3 is 5.32 Å². The molecule has 5 nitrogen and oxygen atoms in total. The normalized spacial score (nSPS) is 12.8. The fourth-order valence-corrected chi connectivity index (χ4v) is 4.24. The number of Topliss-reactive ketones (excluding diaryl/α,β-unsaturated/α-hetero) is 1. The number of benzene rings is 1. The average molecular weight is 379 g/mol. The molecule has 6 heteroatoms. The number of hydrogen-bond donors (Lipinski definition) is 1. The molecule has 1 aliphatic carbocycles. The first kappa shape index (κ1) is 17.7. The minimum atomic E-state index is -0.150. The first-order valence-corrected chi connectivity index (χ1v) is 9.99. The van der Waals surface area contributed by atoms with Gasteiger partial charge in [-0.25, -0.2) is 4.68 Å². The second-order valence-corrected chi connectivity index (χ2v) is 8.04. The summed E-state index contributed by atoms with van der Waals surface area (Å²) in [4.78, 5) is 26.6. The summed E-state index contributed by atoms with van der Waals surface area (Å²) >= 11 is 1.47. The molecule has 1 amide bonds. The van der Waals surface area contributed by atoms with Gasteiger partial charge in [0, 0.05) is 23.3 Å². The molecule has 0 unspecified atom stereocenters. The summed E-state index contributed by atoms with van der Waals surface area (Å²) in [5.41, 5.74) is 3.10. The van der Waals surface area contributed by atoms with Crippen LogP contribution in [0, 0.1) is 6.92 Å². The van der Waals surface area contributed by atoms with Crippen molar-refractivity contribution < 1.29 is 9.59 Å². The Morgan fingerprint density at radius 3 is 2.67 bits per heavy atom. The second kappa shape index (κ2) is 7.48.